The maximum absolute atomic E-state index is 12.4. The minimum absolute atomic E-state index is 0.0840. The number of nitrogen functional groups attached to an aromatic ring is 2. The Labute approximate surface area is 177 Å². The molecule has 0 saturated carbocycles. The Morgan fingerprint density at radius 2 is 1.33 bits per heavy atom. The number of unbranched alkanes of at least 4 members (excludes halogenated alkanes) is 3. The molecule has 5 heteroatoms. The van der Waals surface area contributed by atoms with Crippen molar-refractivity contribution in [2.24, 2.45) is 0 Å². The lowest BCUT2D eigenvalue weighted by molar-refractivity contribution is 0.0698. The molecule has 30 heavy (non-hydrogen) atoms. The second kappa shape index (κ2) is 9.83. The number of anilines is 2. The molecule has 0 heterocycles. The smallest absolute Gasteiger partial charge is 0.337 e. The van der Waals surface area contributed by atoms with Gasteiger partial charge in [0.05, 0.1) is 23.5 Å². The summed E-state index contributed by atoms with van der Waals surface area (Å²) in [4.78, 5) is 12.4. The fourth-order valence-corrected chi connectivity index (χ4v) is 3.65. The van der Waals surface area contributed by atoms with Gasteiger partial charge < -0.3 is 21.3 Å². The standard InChI is InChI=1S/C25H28N2O3/c1-2-3-4-11-16-30-24-22(26)19(17-12-7-5-8-13-17)21(25(28)29)20(23(24)27)18-14-9-6-10-15-18/h5-10,12-15H,2-4,11,16,26-27H2,1H3,(H,28,29). The van der Waals surface area contributed by atoms with Crippen molar-refractivity contribution >= 4 is 17.3 Å². The monoisotopic (exact) mass is 404 g/mol. The van der Waals surface area contributed by atoms with E-state index >= 15 is 0 Å². The summed E-state index contributed by atoms with van der Waals surface area (Å²) in [6.45, 7) is 2.63. The van der Waals surface area contributed by atoms with Gasteiger partial charge in [-0.25, -0.2) is 4.79 Å². The molecule has 0 aliphatic rings. The van der Waals surface area contributed by atoms with E-state index in [4.69, 9.17) is 16.2 Å². The zero-order valence-corrected chi connectivity index (χ0v) is 17.2. The van der Waals surface area contributed by atoms with Crippen molar-refractivity contribution in [1.82, 2.24) is 0 Å². The molecule has 156 valence electrons. The molecule has 5 N–H and O–H groups in total. The van der Waals surface area contributed by atoms with Crippen LogP contribution in [0.5, 0.6) is 5.75 Å². The lowest BCUT2D eigenvalue weighted by Gasteiger charge is -2.22. The molecule has 0 unspecified atom stereocenters. The van der Waals surface area contributed by atoms with E-state index in [0.29, 0.717) is 34.6 Å². The van der Waals surface area contributed by atoms with E-state index in [9.17, 15) is 9.90 Å². The molecule has 5 nitrogen and oxygen atoms in total. The van der Waals surface area contributed by atoms with Gasteiger partial charge in [0.1, 0.15) is 0 Å². The zero-order chi connectivity index (χ0) is 21.5. The fraction of sp³-hybridized carbons (Fsp3) is 0.240. The Morgan fingerprint density at radius 3 is 1.77 bits per heavy atom. The lowest BCUT2D eigenvalue weighted by atomic mass is 9.88. The number of rotatable bonds is 9. The molecule has 0 aliphatic carbocycles. The van der Waals surface area contributed by atoms with Crippen LogP contribution in [0.25, 0.3) is 22.3 Å². The van der Waals surface area contributed by atoms with Crippen LogP contribution in [0.15, 0.2) is 60.7 Å². The van der Waals surface area contributed by atoms with Gasteiger partial charge in [0.2, 0.25) is 0 Å². The predicted molar refractivity (Wildman–Crippen MR) is 123 cm³/mol. The first kappa shape index (κ1) is 21.2. The molecular formula is C25H28N2O3. The Hall–Kier alpha value is -3.47. The molecule has 3 rings (SSSR count). The molecule has 3 aromatic carbocycles. The molecule has 0 saturated heterocycles. The molecule has 0 aromatic heterocycles. The van der Waals surface area contributed by atoms with Crippen molar-refractivity contribution in [3.05, 3.63) is 66.2 Å². The predicted octanol–water partition coefficient (Wildman–Crippen LogP) is 5.84. The second-order valence-electron chi connectivity index (χ2n) is 7.23. The first-order valence-electron chi connectivity index (χ1n) is 10.3. The van der Waals surface area contributed by atoms with Crippen LogP contribution in [0.3, 0.4) is 0 Å². The first-order valence-corrected chi connectivity index (χ1v) is 10.3. The average molecular weight is 405 g/mol. The highest BCUT2D eigenvalue weighted by Gasteiger charge is 2.27. The number of ether oxygens (including phenoxy) is 1. The van der Waals surface area contributed by atoms with Crippen molar-refractivity contribution in [2.75, 3.05) is 18.1 Å². The first-order chi connectivity index (χ1) is 14.6. The summed E-state index contributed by atoms with van der Waals surface area (Å²) in [7, 11) is 0. The lowest BCUT2D eigenvalue weighted by Crippen LogP contribution is -2.12. The maximum atomic E-state index is 12.4. The minimum atomic E-state index is -1.08. The number of benzene rings is 3. The number of hydrogen-bond donors (Lipinski definition) is 3. The van der Waals surface area contributed by atoms with Gasteiger partial charge in [0.25, 0.3) is 0 Å². The number of carboxylic acid groups (broad SMARTS) is 1. The summed E-state index contributed by atoms with van der Waals surface area (Å²) >= 11 is 0. The molecule has 0 bridgehead atoms. The van der Waals surface area contributed by atoms with Crippen molar-refractivity contribution in [3.63, 3.8) is 0 Å². The highest BCUT2D eigenvalue weighted by atomic mass is 16.5. The number of nitrogens with two attached hydrogens (primary N) is 2. The van der Waals surface area contributed by atoms with Gasteiger partial charge in [-0.1, -0.05) is 86.8 Å². The molecular weight excluding hydrogens is 376 g/mol. The van der Waals surface area contributed by atoms with Crippen LogP contribution in [0.2, 0.25) is 0 Å². The van der Waals surface area contributed by atoms with Gasteiger partial charge in [-0.05, 0) is 17.5 Å². The number of carbonyl (C=O) groups is 1. The third-order valence-electron chi connectivity index (χ3n) is 5.11. The van der Waals surface area contributed by atoms with E-state index in [-0.39, 0.29) is 16.9 Å². The van der Waals surface area contributed by atoms with Crippen LogP contribution in [-0.4, -0.2) is 17.7 Å². The van der Waals surface area contributed by atoms with Gasteiger partial charge in [-0.3, -0.25) is 0 Å². The third-order valence-corrected chi connectivity index (χ3v) is 5.11. The molecule has 0 fully saturated rings. The summed E-state index contributed by atoms with van der Waals surface area (Å²) < 4.78 is 6.03. The van der Waals surface area contributed by atoms with Crippen LogP contribution in [0, 0.1) is 0 Å². The van der Waals surface area contributed by atoms with Gasteiger partial charge in [0, 0.05) is 11.1 Å². The Kier molecular flexibility index (Phi) is 6.96. The van der Waals surface area contributed by atoms with E-state index < -0.39 is 5.97 Å². The highest BCUT2D eigenvalue weighted by Crippen LogP contribution is 2.48. The normalized spacial score (nSPS) is 10.7. The van der Waals surface area contributed by atoms with Crippen molar-refractivity contribution in [1.29, 1.82) is 0 Å². The maximum Gasteiger partial charge on any atom is 0.337 e. The van der Waals surface area contributed by atoms with Gasteiger partial charge in [0.15, 0.2) is 5.75 Å². The van der Waals surface area contributed by atoms with E-state index in [2.05, 4.69) is 6.92 Å². The fourth-order valence-electron chi connectivity index (χ4n) is 3.65. The zero-order valence-electron chi connectivity index (χ0n) is 17.2. The topological polar surface area (TPSA) is 98.6 Å². The Bertz CT molecular complexity index is 935. The van der Waals surface area contributed by atoms with Crippen molar-refractivity contribution in [2.45, 2.75) is 32.6 Å². The molecule has 0 atom stereocenters. The van der Waals surface area contributed by atoms with Crippen LogP contribution in [-0.2, 0) is 0 Å². The van der Waals surface area contributed by atoms with Crippen LogP contribution < -0.4 is 16.2 Å². The Morgan fingerprint density at radius 1 is 0.833 bits per heavy atom. The van der Waals surface area contributed by atoms with Crippen molar-refractivity contribution < 1.29 is 14.6 Å². The largest absolute Gasteiger partial charge is 0.489 e. The molecule has 3 aromatic rings. The quantitative estimate of drug-likeness (QED) is 0.307. The van der Waals surface area contributed by atoms with E-state index in [1.54, 1.807) is 0 Å². The number of aromatic carboxylic acids is 1. The van der Waals surface area contributed by atoms with Gasteiger partial charge in [-0.15, -0.1) is 0 Å². The summed E-state index contributed by atoms with van der Waals surface area (Å²) in [5.74, 6) is -0.727. The molecule has 0 spiro atoms. The third kappa shape index (κ3) is 4.40. The molecule has 0 radical (unpaired) electrons. The van der Waals surface area contributed by atoms with Crippen LogP contribution >= 0.6 is 0 Å². The van der Waals surface area contributed by atoms with E-state index in [1.807, 2.05) is 60.7 Å². The van der Waals surface area contributed by atoms with E-state index in [1.165, 1.54) is 0 Å². The Balaban J connectivity index is 2.22. The SMILES string of the molecule is CCCCCCOc1c(N)c(-c2ccccc2)c(C(=O)O)c(-c2ccccc2)c1N. The minimum Gasteiger partial charge on any atom is -0.489 e. The summed E-state index contributed by atoms with van der Waals surface area (Å²) in [5.41, 5.74) is 15.8. The average Bonchev–Trinajstić information content (AvgIpc) is 2.76. The van der Waals surface area contributed by atoms with E-state index in [0.717, 1.165) is 25.7 Å². The highest BCUT2D eigenvalue weighted by molar-refractivity contribution is 6.11. The van der Waals surface area contributed by atoms with Gasteiger partial charge >= 0.3 is 5.97 Å². The summed E-state index contributed by atoms with van der Waals surface area (Å²) in [5, 5.41) is 10.1. The van der Waals surface area contributed by atoms with Gasteiger partial charge in [-0.2, -0.15) is 0 Å². The van der Waals surface area contributed by atoms with Crippen molar-refractivity contribution in [3.8, 4) is 28.0 Å². The molecule has 0 amide bonds. The van der Waals surface area contributed by atoms with Crippen LogP contribution in [0.4, 0.5) is 11.4 Å². The number of carboxylic acids is 1. The summed E-state index contributed by atoms with van der Waals surface area (Å²) in [6.07, 6.45) is 4.21. The number of hydrogen-bond acceptors (Lipinski definition) is 4. The summed E-state index contributed by atoms with van der Waals surface area (Å²) in [6, 6.07) is 18.5. The second-order valence-corrected chi connectivity index (χ2v) is 7.23. The van der Waals surface area contributed by atoms with Crippen LogP contribution in [0.1, 0.15) is 43.0 Å². The molecule has 0 aliphatic heterocycles.